The molecule has 1 aliphatic heterocycles. The molecular weight excluding hydrogens is 566 g/mol. The standard InChI is InChI=1S/C25H22FN5O5S3/c26-18-7-11-21-22(15-18)38-25(28-21)30(27-16-19-8-12-23(37-19)31(33)34)24(32)17-5-9-20(10-6-17)39(35,36)29-13-3-1-2-4-14-29/h5-12,15-16H,1-4,13-14H2/b27-16+. The number of hydrazone groups is 1. The number of halogens is 1. The number of carbonyl (C=O) groups excluding carboxylic acids is 1. The summed E-state index contributed by atoms with van der Waals surface area (Å²) in [5.41, 5.74) is 0.625. The van der Waals surface area contributed by atoms with Crippen molar-refractivity contribution in [2.24, 2.45) is 5.10 Å². The van der Waals surface area contributed by atoms with Crippen LogP contribution in [0.25, 0.3) is 10.2 Å². The smallest absolute Gasteiger partial charge is 0.267 e. The van der Waals surface area contributed by atoms with Crippen molar-refractivity contribution in [3.05, 3.63) is 81.0 Å². The van der Waals surface area contributed by atoms with E-state index in [0.29, 0.717) is 28.2 Å². The quantitative estimate of drug-likeness (QED) is 0.156. The summed E-state index contributed by atoms with van der Waals surface area (Å²) in [4.78, 5) is 29.0. The minimum atomic E-state index is -3.69. The summed E-state index contributed by atoms with van der Waals surface area (Å²) in [6, 6.07) is 12.5. The summed E-state index contributed by atoms with van der Waals surface area (Å²) in [6.45, 7) is 0.926. The molecule has 0 bridgehead atoms. The number of rotatable bonds is 7. The number of hydrogen-bond donors (Lipinski definition) is 0. The topological polar surface area (TPSA) is 126 Å². The highest BCUT2D eigenvalue weighted by atomic mass is 32.2. The number of fused-ring (bicyclic) bond motifs is 1. The van der Waals surface area contributed by atoms with Gasteiger partial charge in [-0.25, -0.2) is 17.8 Å². The van der Waals surface area contributed by atoms with Gasteiger partial charge >= 0.3 is 5.00 Å². The summed E-state index contributed by atoms with van der Waals surface area (Å²) in [5, 5.41) is 16.4. The molecule has 0 N–H and O–H groups in total. The molecule has 0 radical (unpaired) electrons. The third-order valence-electron chi connectivity index (χ3n) is 6.11. The number of sulfonamides is 1. The van der Waals surface area contributed by atoms with Gasteiger partial charge in [0.2, 0.25) is 15.2 Å². The molecule has 2 aromatic heterocycles. The minimum absolute atomic E-state index is 0.0778. The van der Waals surface area contributed by atoms with Gasteiger partial charge in [0.25, 0.3) is 5.91 Å². The highest BCUT2D eigenvalue weighted by Crippen LogP contribution is 2.31. The van der Waals surface area contributed by atoms with Gasteiger partial charge in [0.05, 0.1) is 31.1 Å². The highest BCUT2D eigenvalue weighted by molar-refractivity contribution is 7.89. The molecule has 1 saturated heterocycles. The molecule has 0 spiro atoms. The van der Waals surface area contributed by atoms with E-state index in [1.165, 1.54) is 65.1 Å². The minimum Gasteiger partial charge on any atom is -0.267 e. The molecule has 2 aromatic carbocycles. The Hall–Kier alpha value is -3.59. The Bertz CT molecular complexity index is 1660. The molecule has 5 rings (SSSR count). The number of amides is 1. The van der Waals surface area contributed by atoms with Gasteiger partial charge in [-0.3, -0.25) is 14.9 Å². The Morgan fingerprint density at radius 1 is 1.05 bits per heavy atom. The number of nitro groups is 1. The number of aromatic nitrogens is 1. The van der Waals surface area contributed by atoms with Crippen molar-refractivity contribution in [3.8, 4) is 0 Å². The van der Waals surface area contributed by atoms with Crippen molar-refractivity contribution < 1.29 is 22.5 Å². The molecule has 1 aliphatic rings. The lowest BCUT2D eigenvalue weighted by atomic mass is 10.2. The van der Waals surface area contributed by atoms with E-state index in [-0.39, 0.29) is 20.6 Å². The summed E-state index contributed by atoms with van der Waals surface area (Å²) in [5.74, 6) is -1.05. The van der Waals surface area contributed by atoms with Gasteiger partial charge in [-0.15, -0.1) is 0 Å². The van der Waals surface area contributed by atoms with Crippen molar-refractivity contribution in [2.45, 2.75) is 30.6 Å². The summed E-state index contributed by atoms with van der Waals surface area (Å²) in [6.07, 6.45) is 4.91. The normalized spacial score (nSPS) is 15.0. The molecule has 1 amide bonds. The third kappa shape index (κ3) is 5.88. The van der Waals surface area contributed by atoms with Crippen molar-refractivity contribution >= 4 is 65.2 Å². The maximum atomic E-state index is 13.8. The van der Waals surface area contributed by atoms with E-state index in [9.17, 15) is 27.7 Å². The average molecular weight is 588 g/mol. The van der Waals surface area contributed by atoms with Crippen LogP contribution < -0.4 is 5.01 Å². The van der Waals surface area contributed by atoms with Crippen LogP contribution >= 0.6 is 22.7 Å². The Morgan fingerprint density at radius 3 is 2.44 bits per heavy atom. The molecule has 1 fully saturated rings. The van der Waals surface area contributed by atoms with Gasteiger partial charge < -0.3 is 0 Å². The number of hydrogen-bond acceptors (Lipinski definition) is 9. The Balaban J connectivity index is 1.46. The molecule has 0 saturated carbocycles. The van der Waals surface area contributed by atoms with Crippen molar-refractivity contribution in [3.63, 3.8) is 0 Å². The molecule has 0 unspecified atom stereocenters. The molecule has 4 aromatic rings. The molecule has 10 nitrogen and oxygen atoms in total. The van der Waals surface area contributed by atoms with Gasteiger partial charge in [0.1, 0.15) is 5.82 Å². The van der Waals surface area contributed by atoms with Gasteiger partial charge in [-0.2, -0.15) is 14.4 Å². The molecule has 202 valence electrons. The lowest BCUT2D eigenvalue weighted by Gasteiger charge is -2.20. The van der Waals surface area contributed by atoms with Crippen LogP contribution in [0.2, 0.25) is 0 Å². The molecular formula is C25H22FN5O5S3. The number of thiazole rings is 1. The number of carbonyl (C=O) groups is 1. The Kier molecular flexibility index (Phi) is 7.79. The van der Waals surface area contributed by atoms with E-state index < -0.39 is 26.7 Å². The summed E-state index contributed by atoms with van der Waals surface area (Å²) < 4.78 is 42.0. The van der Waals surface area contributed by atoms with Crippen LogP contribution in [0.15, 0.2) is 64.6 Å². The molecule has 39 heavy (non-hydrogen) atoms. The van der Waals surface area contributed by atoms with Gasteiger partial charge in [-0.05, 0) is 61.4 Å². The predicted octanol–water partition coefficient (Wildman–Crippen LogP) is 5.65. The maximum absolute atomic E-state index is 13.8. The SMILES string of the molecule is O=C(c1ccc(S(=O)(=O)N2CCCCCC2)cc1)N(/N=C/c1ccc([N+](=O)[O-])s1)c1nc2ccc(F)cc2s1. The number of benzene rings is 2. The van der Waals surface area contributed by atoms with E-state index in [1.54, 1.807) is 0 Å². The highest BCUT2D eigenvalue weighted by Gasteiger charge is 2.27. The van der Waals surface area contributed by atoms with Crippen LogP contribution in [-0.2, 0) is 10.0 Å². The summed E-state index contributed by atoms with van der Waals surface area (Å²) in [7, 11) is -3.69. The van der Waals surface area contributed by atoms with E-state index >= 15 is 0 Å². The Morgan fingerprint density at radius 2 is 1.77 bits per heavy atom. The fourth-order valence-corrected chi connectivity index (χ4v) is 7.26. The monoisotopic (exact) mass is 587 g/mol. The van der Waals surface area contributed by atoms with Crippen LogP contribution in [0.1, 0.15) is 40.9 Å². The zero-order valence-electron chi connectivity index (χ0n) is 20.4. The largest absolute Gasteiger partial charge is 0.324 e. The molecule has 0 aliphatic carbocycles. The van der Waals surface area contributed by atoms with Crippen LogP contribution in [0.5, 0.6) is 0 Å². The third-order valence-corrected chi connectivity index (χ3v) is 9.99. The van der Waals surface area contributed by atoms with E-state index in [0.717, 1.165) is 53.4 Å². The molecule has 3 heterocycles. The fraction of sp³-hybridized carbons (Fsp3) is 0.240. The van der Waals surface area contributed by atoms with E-state index in [2.05, 4.69) is 10.1 Å². The fourth-order valence-electron chi connectivity index (χ4n) is 4.11. The second kappa shape index (κ2) is 11.3. The first kappa shape index (κ1) is 27.0. The van der Waals surface area contributed by atoms with E-state index in [1.807, 2.05) is 0 Å². The van der Waals surface area contributed by atoms with Crippen LogP contribution in [0.4, 0.5) is 14.5 Å². The van der Waals surface area contributed by atoms with Gasteiger partial charge in [0.15, 0.2) is 0 Å². The first-order valence-corrected chi connectivity index (χ1v) is 15.1. The first-order chi connectivity index (χ1) is 18.7. The Labute approximate surface area is 231 Å². The van der Waals surface area contributed by atoms with Crippen molar-refractivity contribution in [1.82, 2.24) is 9.29 Å². The molecule has 0 atom stereocenters. The lowest BCUT2D eigenvalue weighted by molar-refractivity contribution is -0.380. The number of nitrogens with zero attached hydrogens (tertiary/aromatic N) is 5. The van der Waals surface area contributed by atoms with Crippen molar-refractivity contribution in [2.75, 3.05) is 18.1 Å². The summed E-state index contributed by atoms with van der Waals surface area (Å²) >= 11 is 1.94. The predicted molar refractivity (Wildman–Crippen MR) is 149 cm³/mol. The van der Waals surface area contributed by atoms with Crippen LogP contribution in [0, 0.1) is 15.9 Å². The van der Waals surface area contributed by atoms with Crippen LogP contribution in [0.3, 0.4) is 0 Å². The zero-order valence-corrected chi connectivity index (χ0v) is 22.8. The number of thiophene rings is 1. The van der Waals surface area contributed by atoms with Crippen molar-refractivity contribution in [1.29, 1.82) is 0 Å². The van der Waals surface area contributed by atoms with Crippen LogP contribution in [-0.4, -0.2) is 47.8 Å². The second-order valence-electron chi connectivity index (χ2n) is 8.75. The molecule has 14 heteroatoms. The van der Waals surface area contributed by atoms with Gasteiger partial charge in [-0.1, -0.05) is 35.5 Å². The zero-order chi connectivity index (χ0) is 27.6. The number of anilines is 1. The average Bonchev–Trinajstić information content (AvgIpc) is 3.47. The van der Waals surface area contributed by atoms with E-state index in [4.69, 9.17) is 0 Å². The lowest BCUT2D eigenvalue weighted by Crippen LogP contribution is -2.32. The van der Waals surface area contributed by atoms with Gasteiger partial charge in [0, 0.05) is 24.7 Å². The second-order valence-corrected chi connectivity index (χ2v) is 12.8. The maximum Gasteiger partial charge on any atom is 0.324 e. The first-order valence-electron chi connectivity index (χ1n) is 12.0.